The van der Waals surface area contributed by atoms with E-state index >= 15 is 0 Å². The molecule has 3 rings (SSSR count). The summed E-state index contributed by atoms with van der Waals surface area (Å²) in [6.45, 7) is 1.92. The number of carbonyl (C=O) groups excluding carboxylic acids is 2. The third kappa shape index (κ3) is 4.64. The summed E-state index contributed by atoms with van der Waals surface area (Å²) in [6.07, 6.45) is 2.95. The fourth-order valence-corrected chi connectivity index (χ4v) is 2.57. The van der Waals surface area contributed by atoms with Crippen LogP contribution in [0.3, 0.4) is 0 Å². The number of benzene rings is 1. The molecule has 0 spiro atoms. The number of halogens is 3. The van der Waals surface area contributed by atoms with Crippen molar-refractivity contribution in [2.45, 2.75) is 19.5 Å². The average Bonchev–Trinajstić information content (AvgIpc) is 3.10. The van der Waals surface area contributed by atoms with E-state index in [-0.39, 0.29) is 17.3 Å². The lowest BCUT2D eigenvalue weighted by molar-refractivity contribution is -0.137. The van der Waals surface area contributed by atoms with Crippen molar-refractivity contribution in [1.82, 2.24) is 25.2 Å². The summed E-state index contributed by atoms with van der Waals surface area (Å²) in [5.41, 5.74) is 2.29. The number of hydrogen-bond donors (Lipinski definition) is 1. The molecule has 2 amide bonds. The number of alkyl halides is 3. The van der Waals surface area contributed by atoms with Crippen LogP contribution in [-0.2, 0) is 15.8 Å². The number of nitrogens with one attached hydrogen (secondary N) is 1. The number of rotatable bonds is 4. The predicted molar refractivity (Wildman–Crippen MR) is 94.1 cm³/mol. The fourth-order valence-electron chi connectivity index (χ4n) is 2.57. The van der Waals surface area contributed by atoms with Crippen LogP contribution in [0.2, 0.25) is 0 Å². The largest absolute Gasteiger partial charge is 0.416 e. The molecule has 146 valence electrons. The summed E-state index contributed by atoms with van der Waals surface area (Å²) in [5.74, 6) is -0.776. The Morgan fingerprint density at radius 2 is 2.07 bits per heavy atom. The van der Waals surface area contributed by atoms with Crippen LogP contribution in [0.15, 0.2) is 42.8 Å². The Morgan fingerprint density at radius 3 is 2.79 bits per heavy atom. The van der Waals surface area contributed by atoms with E-state index in [1.54, 1.807) is 19.1 Å². The smallest absolute Gasteiger partial charge is 0.268 e. The number of nitrogens with zero attached hydrogens (tertiary/aromatic N) is 4. The second-order valence-electron chi connectivity index (χ2n) is 6.11. The molecule has 0 unspecified atom stereocenters. The lowest BCUT2D eigenvalue weighted by Gasteiger charge is -2.22. The van der Waals surface area contributed by atoms with E-state index in [1.807, 2.05) is 0 Å². The van der Waals surface area contributed by atoms with Gasteiger partial charge in [0.15, 0.2) is 5.82 Å². The van der Waals surface area contributed by atoms with Gasteiger partial charge in [-0.15, -0.1) is 5.10 Å². The van der Waals surface area contributed by atoms with E-state index in [0.29, 0.717) is 18.5 Å². The molecule has 1 N–H and O–H groups in total. The summed E-state index contributed by atoms with van der Waals surface area (Å²) in [5, 5.41) is 5.24. The predicted octanol–water partition coefficient (Wildman–Crippen LogP) is 2.56. The Kier molecular flexibility index (Phi) is 5.30. The van der Waals surface area contributed by atoms with Crippen LogP contribution in [0, 0.1) is 6.92 Å². The number of amides is 2. The minimum Gasteiger partial charge on any atom is -0.268 e. The maximum Gasteiger partial charge on any atom is 0.416 e. The highest BCUT2D eigenvalue weighted by Crippen LogP contribution is 2.32. The van der Waals surface area contributed by atoms with E-state index in [4.69, 9.17) is 0 Å². The topological polar surface area (TPSA) is 80.1 Å². The quantitative estimate of drug-likeness (QED) is 0.813. The second kappa shape index (κ2) is 7.67. The molecule has 0 atom stereocenters. The molecular formula is C18H16F3N5O2. The molecule has 0 saturated carbocycles. The highest BCUT2D eigenvalue weighted by atomic mass is 19.4. The molecule has 10 heteroatoms. The van der Waals surface area contributed by atoms with Crippen molar-refractivity contribution in [2.75, 3.05) is 6.54 Å². The monoisotopic (exact) mass is 391 g/mol. The first-order valence-electron chi connectivity index (χ1n) is 8.29. The van der Waals surface area contributed by atoms with Gasteiger partial charge in [0.1, 0.15) is 6.33 Å². The maximum atomic E-state index is 13.0. The second-order valence-corrected chi connectivity index (χ2v) is 6.11. The number of hydrazine groups is 1. The Labute approximate surface area is 158 Å². The van der Waals surface area contributed by atoms with E-state index in [1.165, 1.54) is 28.3 Å². The first-order chi connectivity index (χ1) is 13.2. The molecule has 0 saturated heterocycles. The van der Waals surface area contributed by atoms with E-state index in [2.05, 4.69) is 15.5 Å². The van der Waals surface area contributed by atoms with Crippen molar-refractivity contribution in [3.8, 4) is 11.4 Å². The molecular weight excluding hydrogens is 375 g/mol. The molecule has 7 nitrogen and oxygen atoms in total. The normalized spacial score (nSPS) is 14.7. The van der Waals surface area contributed by atoms with Crippen LogP contribution < -0.4 is 5.43 Å². The number of aryl methyl sites for hydroxylation is 1. The molecule has 0 radical (unpaired) electrons. The van der Waals surface area contributed by atoms with E-state index < -0.39 is 17.6 Å². The SMILES string of the molecule is Cc1cc(-c2ncn(/C=C\C(=O)NN3CCC=CC3=O)n2)cc(C(F)(F)F)c1. The number of aromatic nitrogens is 3. The van der Waals surface area contributed by atoms with Gasteiger partial charge >= 0.3 is 6.18 Å². The number of carbonyl (C=O) groups is 2. The molecule has 1 aromatic carbocycles. The van der Waals surface area contributed by atoms with Crippen LogP contribution in [0.4, 0.5) is 13.2 Å². The molecule has 1 aliphatic rings. The highest BCUT2D eigenvalue weighted by Gasteiger charge is 2.31. The van der Waals surface area contributed by atoms with Gasteiger partial charge in [0.2, 0.25) is 0 Å². The molecule has 0 bridgehead atoms. The van der Waals surface area contributed by atoms with Crippen molar-refractivity contribution in [2.24, 2.45) is 0 Å². The molecule has 0 fully saturated rings. The lowest BCUT2D eigenvalue weighted by Crippen LogP contribution is -2.46. The van der Waals surface area contributed by atoms with Gasteiger partial charge < -0.3 is 0 Å². The van der Waals surface area contributed by atoms with Gasteiger partial charge in [-0.2, -0.15) is 13.2 Å². The highest BCUT2D eigenvalue weighted by molar-refractivity contribution is 5.94. The summed E-state index contributed by atoms with van der Waals surface area (Å²) >= 11 is 0. The fraction of sp³-hybridized carbons (Fsp3) is 0.222. The van der Waals surface area contributed by atoms with Crippen LogP contribution >= 0.6 is 0 Å². The Morgan fingerprint density at radius 1 is 1.29 bits per heavy atom. The Bertz CT molecular complexity index is 962. The first kappa shape index (κ1) is 19.3. The standard InChI is InChI=1S/C18H16F3N5O2/c1-12-8-13(10-14(9-12)18(19,20)21)17-22-11-25(24-17)7-5-15(27)23-26-6-3-2-4-16(26)28/h2,4-5,7-11H,3,6H2,1H3,(H,23,27)/b7-5-. The Balaban J connectivity index is 1.71. The van der Waals surface area contributed by atoms with Crippen molar-refractivity contribution in [1.29, 1.82) is 0 Å². The number of hydrogen-bond acceptors (Lipinski definition) is 4. The third-order valence-electron chi connectivity index (χ3n) is 3.84. The summed E-state index contributed by atoms with van der Waals surface area (Å²) in [4.78, 5) is 27.5. The van der Waals surface area contributed by atoms with Crippen molar-refractivity contribution in [3.63, 3.8) is 0 Å². The van der Waals surface area contributed by atoms with Crippen LogP contribution in [0.1, 0.15) is 17.5 Å². The van der Waals surface area contributed by atoms with Gasteiger partial charge in [-0.3, -0.25) is 15.0 Å². The molecule has 2 heterocycles. The minimum atomic E-state index is -4.47. The zero-order valence-electron chi connectivity index (χ0n) is 14.8. The minimum absolute atomic E-state index is 0.0932. The van der Waals surface area contributed by atoms with Gasteiger partial charge in [-0.25, -0.2) is 14.7 Å². The van der Waals surface area contributed by atoms with Gasteiger partial charge in [-0.05, 0) is 37.1 Å². The summed E-state index contributed by atoms with van der Waals surface area (Å²) < 4.78 is 40.1. The lowest BCUT2D eigenvalue weighted by atomic mass is 10.1. The summed E-state index contributed by atoms with van der Waals surface area (Å²) in [6, 6.07) is 3.56. The van der Waals surface area contributed by atoms with Crippen molar-refractivity contribution < 1.29 is 22.8 Å². The van der Waals surface area contributed by atoms with Crippen LogP contribution in [0.25, 0.3) is 17.6 Å². The molecule has 0 aliphatic carbocycles. The molecule has 2 aromatic rings. The Hall–Kier alpha value is -3.43. The molecule has 1 aromatic heterocycles. The first-order valence-corrected chi connectivity index (χ1v) is 8.29. The van der Waals surface area contributed by atoms with Crippen molar-refractivity contribution >= 4 is 18.0 Å². The van der Waals surface area contributed by atoms with E-state index in [0.717, 1.165) is 18.2 Å². The van der Waals surface area contributed by atoms with Gasteiger partial charge in [0, 0.05) is 30.5 Å². The zero-order chi connectivity index (χ0) is 20.3. The molecule has 28 heavy (non-hydrogen) atoms. The molecule has 1 aliphatic heterocycles. The maximum absolute atomic E-state index is 13.0. The van der Waals surface area contributed by atoms with Gasteiger partial charge in [0.05, 0.1) is 5.56 Å². The van der Waals surface area contributed by atoms with Crippen molar-refractivity contribution in [3.05, 3.63) is 53.9 Å². The zero-order valence-corrected chi connectivity index (χ0v) is 14.8. The summed E-state index contributed by atoms with van der Waals surface area (Å²) in [7, 11) is 0. The van der Waals surface area contributed by atoms with Gasteiger partial charge in [0.25, 0.3) is 11.8 Å². The third-order valence-corrected chi connectivity index (χ3v) is 3.84. The van der Waals surface area contributed by atoms with E-state index in [9.17, 15) is 22.8 Å². The van der Waals surface area contributed by atoms with Crippen LogP contribution in [0.5, 0.6) is 0 Å². The van der Waals surface area contributed by atoms with Gasteiger partial charge in [-0.1, -0.05) is 6.08 Å². The van der Waals surface area contributed by atoms with Crippen LogP contribution in [-0.4, -0.2) is 38.1 Å². The average molecular weight is 391 g/mol.